The zero-order chi connectivity index (χ0) is 21.1. The molecule has 1 unspecified atom stereocenters. The summed E-state index contributed by atoms with van der Waals surface area (Å²) >= 11 is 5.92. The zero-order valence-electron chi connectivity index (χ0n) is 17.3. The van der Waals surface area contributed by atoms with E-state index in [1.807, 2.05) is 45.9 Å². The average molecular weight is 413 g/mol. The maximum absolute atomic E-state index is 14.6. The van der Waals surface area contributed by atoms with E-state index in [-0.39, 0.29) is 11.6 Å². The molecule has 152 valence electrons. The monoisotopic (exact) mass is 412 g/mol. The van der Waals surface area contributed by atoms with Gasteiger partial charge >= 0.3 is 0 Å². The van der Waals surface area contributed by atoms with Crippen LogP contribution in [0.4, 0.5) is 4.39 Å². The average Bonchev–Trinajstić information content (AvgIpc) is 3.45. The fourth-order valence-electron chi connectivity index (χ4n) is 4.42. The van der Waals surface area contributed by atoms with Gasteiger partial charge in [-0.3, -0.25) is 4.79 Å². The van der Waals surface area contributed by atoms with Crippen molar-refractivity contribution < 1.29 is 13.9 Å². The zero-order valence-corrected chi connectivity index (χ0v) is 18.1. The lowest BCUT2D eigenvalue weighted by Crippen LogP contribution is -2.53. The molecule has 0 aromatic heterocycles. The molecule has 29 heavy (non-hydrogen) atoms. The van der Waals surface area contributed by atoms with E-state index in [9.17, 15) is 9.18 Å². The molecule has 0 radical (unpaired) electrons. The predicted molar refractivity (Wildman–Crippen MR) is 115 cm³/mol. The molecule has 2 aliphatic rings. The Morgan fingerprint density at radius 1 is 1.03 bits per heavy atom. The Kier molecular flexibility index (Phi) is 4.75. The molecule has 1 saturated carbocycles. The Balaban J connectivity index is 1.89. The van der Waals surface area contributed by atoms with Gasteiger partial charge in [-0.2, -0.15) is 0 Å². The van der Waals surface area contributed by atoms with Crippen molar-refractivity contribution >= 4 is 17.4 Å². The topological polar surface area (TPSA) is 26.3 Å². The second kappa shape index (κ2) is 6.78. The highest BCUT2D eigenvalue weighted by molar-refractivity contribution is 6.30. The van der Waals surface area contributed by atoms with Crippen molar-refractivity contribution in [2.24, 2.45) is 0 Å². The molecule has 1 heterocycles. The van der Waals surface area contributed by atoms with Gasteiger partial charge in [-0.1, -0.05) is 30.3 Å². The standard InChI is InChI=1S/C25H26ClFO2/c1-14-22(23(28)25(4,5)29-24(14,2)3)20-12-16(8-10-18(20)15-6-7-15)19-11-9-17(26)13-21(19)27/h8-13,15,22H,1,6-7H2,2-5H3. The lowest BCUT2D eigenvalue weighted by atomic mass is 9.71. The Bertz CT molecular complexity index is 991. The number of carbonyl (C=O) groups excluding carboxylic acids is 1. The molecule has 1 aliphatic heterocycles. The van der Waals surface area contributed by atoms with Crippen LogP contribution in [-0.2, 0) is 9.53 Å². The number of ketones is 1. The van der Waals surface area contributed by atoms with Crippen LogP contribution in [0.25, 0.3) is 11.1 Å². The first-order valence-electron chi connectivity index (χ1n) is 10.0. The van der Waals surface area contributed by atoms with Gasteiger partial charge in [0, 0.05) is 10.6 Å². The smallest absolute Gasteiger partial charge is 0.175 e. The molecular formula is C25H26ClFO2. The predicted octanol–water partition coefficient (Wildman–Crippen LogP) is 6.82. The normalized spacial score (nSPS) is 23.3. The largest absolute Gasteiger partial charge is 0.358 e. The van der Waals surface area contributed by atoms with E-state index in [2.05, 4.69) is 6.58 Å². The number of halogens is 2. The molecule has 1 atom stereocenters. The van der Waals surface area contributed by atoms with E-state index in [1.54, 1.807) is 12.1 Å². The van der Waals surface area contributed by atoms with E-state index in [0.29, 0.717) is 16.5 Å². The van der Waals surface area contributed by atoms with Crippen molar-refractivity contribution in [2.75, 3.05) is 0 Å². The Morgan fingerprint density at radius 2 is 1.72 bits per heavy atom. The summed E-state index contributed by atoms with van der Waals surface area (Å²) < 4.78 is 20.7. The third-order valence-electron chi connectivity index (χ3n) is 6.14. The quantitative estimate of drug-likeness (QED) is 0.517. The molecule has 0 amide bonds. The maximum atomic E-state index is 14.6. The Hall–Kier alpha value is -1.97. The minimum absolute atomic E-state index is 0.00236. The second-order valence-corrected chi connectivity index (χ2v) is 9.62. The summed E-state index contributed by atoms with van der Waals surface area (Å²) in [6.07, 6.45) is 2.22. The fourth-order valence-corrected chi connectivity index (χ4v) is 4.58. The van der Waals surface area contributed by atoms with Crippen LogP contribution >= 0.6 is 11.6 Å². The van der Waals surface area contributed by atoms with Crippen molar-refractivity contribution in [2.45, 2.75) is 63.6 Å². The SMILES string of the molecule is C=C1C(c2cc(-c3ccc(Cl)cc3F)ccc2C2CC2)C(=O)C(C)(C)OC1(C)C. The summed E-state index contributed by atoms with van der Waals surface area (Å²) in [6.45, 7) is 11.8. The van der Waals surface area contributed by atoms with Crippen molar-refractivity contribution in [1.82, 2.24) is 0 Å². The summed E-state index contributed by atoms with van der Waals surface area (Å²) in [5.74, 6) is -0.402. The van der Waals surface area contributed by atoms with Gasteiger partial charge in [-0.05, 0) is 93.0 Å². The minimum atomic E-state index is -0.919. The Labute approximate surface area is 176 Å². The first-order chi connectivity index (χ1) is 13.5. The van der Waals surface area contributed by atoms with E-state index >= 15 is 0 Å². The maximum Gasteiger partial charge on any atom is 0.175 e. The van der Waals surface area contributed by atoms with Gasteiger partial charge in [0.1, 0.15) is 11.4 Å². The van der Waals surface area contributed by atoms with E-state index in [4.69, 9.17) is 16.3 Å². The summed E-state index contributed by atoms with van der Waals surface area (Å²) in [5.41, 5.74) is 2.50. The van der Waals surface area contributed by atoms with Gasteiger partial charge in [-0.15, -0.1) is 0 Å². The molecule has 2 nitrogen and oxygen atoms in total. The van der Waals surface area contributed by atoms with E-state index in [1.165, 1.54) is 6.07 Å². The van der Waals surface area contributed by atoms with Gasteiger partial charge in [-0.25, -0.2) is 4.39 Å². The summed E-state index contributed by atoms with van der Waals surface area (Å²) in [6, 6.07) is 10.6. The van der Waals surface area contributed by atoms with Crippen molar-refractivity contribution in [3.05, 3.63) is 70.5 Å². The van der Waals surface area contributed by atoms with Crippen LogP contribution in [0.2, 0.25) is 5.02 Å². The number of Topliss-reactive ketones (excluding diaryl/α,β-unsaturated/α-hetero) is 1. The van der Waals surface area contributed by atoms with Gasteiger partial charge in [0.15, 0.2) is 5.78 Å². The van der Waals surface area contributed by atoms with Gasteiger partial charge in [0.25, 0.3) is 0 Å². The van der Waals surface area contributed by atoms with Crippen LogP contribution in [0.3, 0.4) is 0 Å². The molecule has 2 aromatic carbocycles. The van der Waals surface area contributed by atoms with Gasteiger partial charge in [0.2, 0.25) is 0 Å². The number of hydrogen-bond acceptors (Lipinski definition) is 2. The third-order valence-corrected chi connectivity index (χ3v) is 6.38. The lowest BCUT2D eigenvalue weighted by molar-refractivity contribution is -0.165. The second-order valence-electron chi connectivity index (χ2n) is 9.19. The highest BCUT2D eigenvalue weighted by Crippen LogP contribution is 2.50. The number of carbonyl (C=O) groups is 1. The van der Waals surface area contributed by atoms with Crippen LogP contribution < -0.4 is 0 Å². The molecule has 1 saturated heterocycles. The van der Waals surface area contributed by atoms with E-state index < -0.39 is 17.1 Å². The van der Waals surface area contributed by atoms with Crippen LogP contribution in [0, 0.1) is 5.82 Å². The highest BCUT2D eigenvalue weighted by atomic mass is 35.5. The lowest BCUT2D eigenvalue weighted by Gasteiger charge is -2.46. The van der Waals surface area contributed by atoms with Crippen LogP contribution in [0.1, 0.15) is 63.5 Å². The molecule has 0 bridgehead atoms. The van der Waals surface area contributed by atoms with Crippen molar-refractivity contribution in [3.63, 3.8) is 0 Å². The molecule has 2 fully saturated rings. The van der Waals surface area contributed by atoms with Gasteiger partial charge in [0.05, 0.1) is 11.5 Å². The first kappa shape index (κ1) is 20.3. The number of benzene rings is 2. The molecule has 0 N–H and O–H groups in total. The fraction of sp³-hybridized carbons (Fsp3) is 0.400. The van der Waals surface area contributed by atoms with E-state index in [0.717, 1.165) is 35.1 Å². The number of ether oxygens (including phenoxy) is 1. The highest BCUT2D eigenvalue weighted by Gasteiger charge is 2.50. The third kappa shape index (κ3) is 3.55. The number of hydrogen-bond donors (Lipinski definition) is 0. The van der Waals surface area contributed by atoms with Crippen LogP contribution in [0.5, 0.6) is 0 Å². The van der Waals surface area contributed by atoms with Crippen molar-refractivity contribution in [3.8, 4) is 11.1 Å². The van der Waals surface area contributed by atoms with Crippen molar-refractivity contribution in [1.29, 1.82) is 0 Å². The first-order valence-corrected chi connectivity index (χ1v) is 10.4. The summed E-state index contributed by atoms with van der Waals surface area (Å²) in [4.78, 5) is 13.4. The van der Waals surface area contributed by atoms with Crippen LogP contribution in [0.15, 0.2) is 48.6 Å². The van der Waals surface area contributed by atoms with Crippen LogP contribution in [-0.4, -0.2) is 17.0 Å². The summed E-state index contributed by atoms with van der Waals surface area (Å²) in [7, 11) is 0. The minimum Gasteiger partial charge on any atom is -0.358 e. The Morgan fingerprint density at radius 3 is 2.34 bits per heavy atom. The number of rotatable bonds is 3. The molecule has 0 spiro atoms. The van der Waals surface area contributed by atoms with Gasteiger partial charge < -0.3 is 4.74 Å². The summed E-state index contributed by atoms with van der Waals surface area (Å²) in [5, 5.41) is 0.359. The molecule has 4 rings (SSSR count). The molecule has 1 aliphatic carbocycles. The molecule has 2 aromatic rings. The molecule has 4 heteroatoms. The molecular weight excluding hydrogens is 387 g/mol.